The highest BCUT2D eigenvalue weighted by molar-refractivity contribution is 7.92. The Hall–Kier alpha value is -1.74. The molecule has 2 atom stereocenters. The molecule has 5 nitrogen and oxygen atoms in total. The van der Waals surface area contributed by atoms with Crippen LogP contribution in [0.5, 0.6) is 0 Å². The Labute approximate surface area is 100 Å². The van der Waals surface area contributed by atoms with Gasteiger partial charge in [-0.3, -0.25) is 9.78 Å². The number of nitrogens with zero attached hydrogens (tertiary/aromatic N) is 2. The van der Waals surface area contributed by atoms with Crippen LogP contribution in [-0.4, -0.2) is 30.7 Å². The number of pyridine rings is 1. The number of hydrogen-bond acceptors (Lipinski definition) is 5. The number of carbonyl (C=O) groups is 1. The van der Waals surface area contributed by atoms with Gasteiger partial charge in [0.15, 0.2) is 15.6 Å². The average molecular weight is 252 g/mol. The van der Waals surface area contributed by atoms with Crippen LogP contribution in [0, 0.1) is 11.3 Å². The lowest BCUT2D eigenvalue weighted by atomic mass is 9.95. The summed E-state index contributed by atoms with van der Waals surface area (Å²) in [6.45, 7) is 1.29. The van der Waals surface area contributed by atoms with E-state index in [1.807, 2.05) is 6.07 Å². The van der Waals surface area contributed by atoms with Crippen molar-refractivity contribution in [2.75, 3.05) is 6.26 Å². The minimum absolute atomic E-state index is 0.461. The van der Waals surface area contributed by atoms with Crippen LogP contribution in [0.3, 0.4) is 0 Å². The highest BCUT2D eigenvalue weighted by Crippen LogP contribution is 2.19. The Morgan fingerprint density at radius 3 is 2.35 bits per heavy atom. The lowest BCUT2D eigenvalue weighted by molar-refractivity contribution is -0.118. The minimum atomic E-state index is -3.48. The van der Waals surface area contributed by atoms with E-state index < -0.39 is 26.8 Å². The molecule has 0 bridgehead atoms. The molecule has 0 spiro atoms. The van der Waals surface area contributed by atoms with Crippen LogP contribution in [-0.2, 0) is 14.6 Å². The van der Waals surface area contributed by atoms with E-state index in [-0.39, 0.29) is 0 Å². The molecule has 1 aromatic heterocycles. The normalized spacial score (nSPS) is 14.6. The Balaban J connectivity index is 3.07. The quantitative estimate of drug-likeness (QED) is 0.786. The van der Waals surface area contributed by atoms with Gasteiger partial charge in [-0.25, -0.2) is 8.42 Å². The van der Waals surface area contributed by atoms with Crippen LogP contribution in [0.4, 0.5) is 0 Å². The predicted octanol–water partition coefficient (Wildman–Crippen LogP) is 0.691. The molecular formula is C11H12N2O3S. The van der Waals surface area contributed by atoms with Gasteiger partial charge in [-0.1, -0.05) is 0 Å². The Kier molecular flexibility index (Phi) is 3.97. The molecule has 0 saturated heterocycles. The third kappa shape index (κ3) is 3.11. The fourth-order valence-corrected chi connectivity index (χ4v) is 1.86. The van der Waals surface area contributed by atoms with Crippen molar-refractivity contribution in [2.45, 2.75) is 18.1 Å². The summed E-state index contributed by atoms with van der Waals surface area (Å²) in [6, 6.07) is 4.89. The molecule has 0 radical (unpaired) electrons. The highest BCUT2D eigenvalue weighted by atomic mass is 32.2. The third-order valence-electron chi connectivity index (χ3n) is 2.50. The van der Waals surface area contributed by atoms with Gasteiger partial charge in [0.25, 0.3) is 0 Å². The van der Waals surface area contributed by atoms with E-state index in [0.717, 1.165) is 6.26 Å². The molecule has 0 aliphatic carbocycles. The van der Waals surface area contributed by atoms with Crippen LogP contribution >= 0.6 is 0 Å². The molecule has 2 unspecified atom stereocenters. The predicted molar refractivity (Wildman–Crippen MR) is 61.9 cm³/mol. The van der Waals surface area contributed by atoms with Crippen molar-refractivity contribution in [2.24, 2.45) is 0 Å². The van der Waals surface area contributed by atoms with Gasteiger partial charge >= 0.3 is 0 Å². The third-order valence-corrected chi connectivity index (χ3v) is 4.01. The first-order valence-electron chi connectivity index (χ1n) is 4.90. The van der Waals surface area contributed by atoms with Crippen molar-refractivity contribution in [3.05, 3.63) is 30.1 Å². The second kappa shape index (κ2) is 5.06. The van der Waals surface area contributed by atoms with Crippen molar-refractivity contribution < 1.29 is 13.2 Å². The average Bonchev–Trinajstić information content (AvgIpc) is 2.29. The van der Waals surface area contributed by atoms with Gasteiger partial charge in [-0.2, -0.15) is 5.26 Å². The lowest BCUT2D eigenvalue weighted by Crippen LogP contribution is -2.30. The number of nitriles is 1. The van der Waals surface area contributed by atoms with Gasteiger partial charge < -0.3 is 0 Å². The monoisotopic (exact) mass is 252 g/mol. The first-order valence-corrected chi connectivity index (χ1v) is 6.85. The molecule has 1 heterocycles. The molecule has 1 rings (SSSR count). The Morgan fingerprint density at radius 2 is 1.94 bits per heavy atom. The summed E-state index contributed by atoms with van der Waals surface area (Å²) in [6.07, 6.45) is 3.90. The number of rotatable bonds is 4. The standard InChI is InChI=1S/C11H12N2O3S/c1-8(17(2,15)16)11(14)10(7-12)9-3-5-13-6-4-9/h3-6,8,10H,1-2H3. The number of ketones is 1. The SMILES string of the molecule is CC(C(=O)C(C#N)c1ccncc1)S(C)(=O)=O. The van der Waals surface area contributed by atoms with E-state index in [1.54, 1.807) is 0 Å². The molecule has 0 aromatic carbocycles. The number of hydrogen-bond donors (Lipinski definition) is 0. The summed E-state index contributed by atoms with van der Waals surface area (Å²) >= 11 is 0. The number of sulfone groups is 1. The van der Waals surface area contributed by atoms with Crippen LogP contribution in [0.2, 0.25) is 0 Å². The van der Waals surface area contributed by atoms with Gasteiger partial charge in [0.2, 0.25) is 0 Å². The van der Waals surface area contributed by atoms with Crippen LogP contribution in [0.15, 0.2) is 24.5 Å². The van der Waals surface area contributed by atoms with Crippen molar-refractivity contribution in [1.82, 2.24) is 4.98 Å². The van der Waals surface area contributed by atoms with Gasteiger partial charge in [0.1, 0.15) is 11.2 Å². The maximum atomic E-state index is 11.9. The van der Waals surface area contributed by atoms with E-state index in [1.165, 1.54) is 31.5 Å². The van der Waals surface area contributed by atoms with Crippen LogP contribution in [0.1, 0.15) is 18.4 Å². The second-order valence-corrected chi connectivity index (χ2v) is 6.08. The molecule has 0 N–H and O–H groups in total. The Morgan fingerprint density at radius 1 is 1.41 bits per heavy atom. The summed E-state index contributed by atoms with van der Waals surface area (Å²) in [5, 5.41) is 7.80. The Bertz CT molecular complexity index is 546. The van der Waals surface area contributed by atoms with Gasteiger partial charge in [-0.15, -0.1) is 0 Å². The number of carbonyl (C=O) groups excluding carboxylic acids is 1. The van der Waals surface area contributed by atoms with Gasteiger partial charge in [-0.05, 0) is 24.6 Å². The molecule has 0 saturated carbocycles. The number of Topliss-reactive ketones (excluding diaryl/α,β-unsaturated/α-hetero) is 1. The van der Waals surface area contributed by atoms with Crippen molar-refractivity contribution in [3.63, 3.8) is 0 Å². The largest absolute Gasteiger partial charge is 0.296 e. The number of aromatic nitrogens is 1. The molecule has 90 valence electrons. The van der Waals surface area contributed by atoms with E-state index >= 15 is 0 Å². The van der Waals surface area contributed by atoms with Crippen molar-refractivity contribution >= 4 is 15.6 Å². The smallest absolute Gasteiger partial charge is 0.172 e. The molecule has 0 amide bonds. The second-order valence-electron chi connectivity index (χ2n) is 3.72. The lowest BCUT2D eigenvalue weighted by Gasteiger charge is -2.12. The summed E-state index contributed by atoms with van der Waals surface area (Å²) in [7, 11) is -3.48. The van der Waals surface area contributed by atoms with Crippen molar-refractivity contribution in [3.8, 4) is 6.07 Å². The molecular weight excluding hydrogens is 240 g/mol. The first-order chi connectivity index (χ1) is 7.88. The first kappa shape index (κ1) is 13.3. The molecule has 1 aromatic rings. The van der Waals surface area contributed by atoms with E-state index in [4.69, 9.17) is 5.26 Å². The van der Waals surface area contributed by atoms with Crippen LogP contribution < -0.4 is 0 Å². The van der Waals surface area contributed by atoms with Gasteiger partial charge in [0.05, 0.1) is 6.07 Å². The molecule has 0 aliphatic rings. The van der Waals surface area contributed by atoms with E-state index in [9.17, 15) is 13.2 Å². The minimum Gasteiger partial charge on any atom is -0.296 e. The summed E-state index contributed by atoms with van der Waals surface area (Å²) in [5.41, 5.74) is 0.461. The summed E-state index contributed by atoms with van der Waals surface area (Å²) in [5.74, 6) is -1.68. The highest BCUT2D eigenvalue weighted by Gasteiger charge is 2.31. The molecule has 0 fully saturated rings. The zero-order valence-corrected chi connectivity index (χ0v) is 10.3. The van der Waals surface area contributed by atoms with Gasteiger partial charge in [0, 0.05) is 18.6 Å². The summed E-state index contributed by atoms with van der Waals surface area (Å²) < 4.78 is 22.6. The maximum Gasteiger partial charge on any atom is 0.172 e. The maximum absolute atomic E-state index is 11.9. The fourth-order valence-electron chi connectivity index (χ4n) is 1.30. The zero-order valence-electron chi connectivity index (χ0n) is 9.49. The summed E-state index contributed by atoms with van der Waals surface area (Å²) in [4.78, 5) is 15.7. The van der Waals surface area contributed by atoms with E-state index in [0.29, 0.717) is 5.56 Å². The molecule has 17 heavy (non-hydrogen) atoms. The van der Waals surface area contributed by atoms with Crippen molar-refractivity contribution in [1.29, 1.82) is 5.26 Å². The fraction of sp³-hybridized carbons (Fsp3) is 0.364. The van der Waals surface area contributed by atoms with Crippen LogP contribution in [0.25, 0.3) is 0 Å². The zero-order chi connectivity index (χ0) is 13.1. The molecule has 6 heteroatoms. The van der Waals surface area contributed by atoms with E-state index in [2.05, 4.69) is 4.98 Å². The molecule has 0 aliphatic heterocycles. The topological polar surface area (TPSA) is 87.9 Å².